The highest BCUT2D eigenvalue weighted by atomic mass is 79.9. The van der Waals surface area contributed by atoms with Crippen molar-refractivity contribution in [2.45, 2.75) is 13.3 Å². The van der Waals surface area contributed by atoms with Crippen LogP contribution in [0.15, 0.2) is 22.8 Å². The molecule has 14 heavy (non-hydrogen) atoms. The van der Waals surface area contributed by atoms with Crippen LogP contribution in [0.25, 0.3) is 11.0 Å². The molecule has 2 rings (SSSR count). The fraction of sp³-hybridized carbons (Fsp3) is 0.200. The van der Waals surface area contributed by atoms with Gasteiger partial charge in [0.15, 0.2) is 0 Å². The minimum Gasteiger partial charge on any atom is -0.357 e. The molecule has 3 nitrogen and oxygen atoms in total. The number of aromatic amines is 1. The number of Topliss-reactive ketones (excluding diaryl/α,β-unsaturated/α-hetero) is 1. The summed E-state index contributed by atoms with van der Waals surface area (Å²) in [6.07, 6.45) is 2.18. The van der Waals surface area contributed by atoms with Crippen LogP contribution < -0.4 is 0 Å². The first-order valence-electron chi connectivity index (χ1n) is 4.28. The normalized spacial score (nSPS) is 10.7. The number of aromatic nitrogens is 2. The third-order valence-electron chi connectivity index (χ3n) is 1.93. The number of nitrogens with zero attached hydrogens (tertiary/aromatic N) is 1. The molecule has 0 atom stereocenters. The molecule has 0 fully saturated rings. The predicted molar refractivity (Wildman–Crippen MR) is 58.2 cm³/mol. The van der Waals surface area contributed by atoms with Crippen molar-refractivity contribution in [2.75, 3.05) is 0 Å². The number of carbonyl (C=O) groups is 1. The molecule has 0 aliphatic heterocycles. The van der Waals surface area contributed by atoms with E-state index in [2.05, 4.69) is 25.9 Å². The fourth-order valence-corrected chi connectivity index (χ4v) is 1.73. The average molecular weight is 253 g/mol. The second-order valence-electron chi connectivity index (χ2n) is 3.26. The number of nitrogens with one attached hydrogen (secondary N) is 1. The third-order valence-corrected chi connectivity index (χ3v) is 2.36. The Bertz CT molecular complexity index is 490. The van der Waals surface area contributed by atoms with Gasteiger partial charge in [0, 0.05) is 22.8 Å². The van der Waals surface area contributed by atoms with Crippen LogP contribution in [0.2, 0.25) is 0 Å². The number of H-pyrrole nitrogens is 1. The highest BCUT2D eigenvalue weighted by Crippen LogP contribution is 2.17. The minimum atomic E-state index is 0.149. The van der Waals surface area contributed by atoms with Gasteiger partial charge in [0.25, 0.3) is 0 Å². The van der Waals surface area contributed by atoms with Gasteiger partial charge in [0.05, 0.1) is 11.0 Å². The van der Waals surface area contributed by atoms with Gasteiger partial charge >= 0.3 is 0 Å². The van der Waals surface area contributed by atoms with Crippen LogP contribution in [0.1, 0.15) is 12.6 Å². The Morgan fingerprint density at radius 2 is 2.36 bits per heavy atom. The van der Waals surface area contributed by atoms with Crippen molar-refractivity contribution in [1.29, 1.82) is 0 Å². The summed E-state index contributed by atoms with van der Waals surface area (Å²) in [5.74, 6) is 0.149. The maximum Gasteiger partial charge on any atom is 0.135 e. The summed E-state index contributed by atoms with van der Waals surface area (Å²) >= 11 is 3.34. The molecule has 1 N–H and O–H groups in total. The standard InChI is InChI=1S/C10H9BrN2O/c1-6(14)2-8-4-9-10(13-8)3-7(11)5-12-9/h3-5,13H,2H2,1H3. The molecule has 0 aliphatic rings. The molecule has 0 unspecified atom stereocenters. The molecular formula is C10H9BrN2O. The van der Waals surface area contributed by atoms with E-state index in [1.54, 1.807) is 13.1 Å². The van der Waals surface area contributed by atoms with Crippen LogP contribution in [-0.2, 0) is 11.2 Å². The Kier molecular flexibility index (Phi) is 2.37. The van der Waals surface area contributed by atoms with Crippen molar-refractivity contribution < 1.29 is 4.79 Å². The number of pyridine rings is 1. The SMILES string of the molecule is CC(=O)Cc1cc2ncc(Br)cc2[nH]1. The van der Waals surface area contributed by atoms with Crippen LogP contribution in [0.3, 0.4) is 0 Å². The smallest absolute Gasteiger partial charge is 0.135 e. The molecule has 0 aromatic carbocycles. The molecule has 0 radical (unpaired) electrons. The van der Waals surface area contributed by atoms with E-state index >= 15 is 0 Å². The molecule has 0 amide bonds. The van der Waals surface area contributed by atoms with Crippen LogP contribution >= 0.6 is 15.9 Å². The first-order chi connectivity index (χ1) is 6.65. The van der Waals surface area contributed by atoms with Gasteiger partial charge in [-0.15, -0.1) is 0 Å². The van der Waals surface area contributed by atoms with E-state index in [1.165, 1.54) is 0 Å². The molecule has 2 aromatic rings. The monoisotopic (exact) mass is 252 g/mol. The zero-order valence-electron chi connectivity index (χ0n) is 7.67. The van der Waals surface area contributed by atoms with Gasteiger partial charge in [-0.05, 0) is 35.0 Å². The van der Waals surface area contributed by atoms with E-state index in [4.69, 9.17) is 0 Å². The number of hydrogen-bond acceptors (Lipinski definition) is 2. The second kappa shape index (κ2) is 3.53. The van der Waals surface area contributed by atoms with Crippen LogP contribution in [0, 0.1) is 0 Å². The lowest BCUT2D eigenvalue weighted by molar-refractivity contribution is -0.116. The van der Waals surface area contributed by atoms with E-state index in [0.717, 1.165) is 21.2 Å². The van der Waals surface area contributed by atoms with Crippen LogP contribution in [0.4, 0.5) is 0 Å². The van der Waals surface area contributed by atoms with E-state index in [1.807, 2.05) is 12.1 Å². The zero-order valence-corrected chi connectivity index (χ0v) is 9.26. The highest BCUT2D eigenvalue weighted by molar-refractivity contribution is 9.10. The number of halogens is 1. The zero-order chi connectivity index (χ0) is 10.1. The summed E-state index contributed by atoms with van der Waals surface area (Å²) in [6, 6.07) is 3.86. The molecule has 2 heterocycles. The van der Waals surface area contributed by atoms with Gasteiger partial charge in [0.2, 0.25) is 0 Å². The number of rotatable bonds is 2. The van der Waals surface area contributed by atoms with Gasteiger partial charge < -0.3 is 4.98 Å². The summed E-state index contributed by atoms with van der Waals surface area (Å²) in [4.78, 5) is 18.3. The molecule has 0 spiro atoms. The van der Waals surface area contributed by atoms with Crippen molar-refractivity contribution in [3.8, 4) is 0 Å². The van der Waals surface area contributed by atoms with Crippen LogP contribution in [0.5, 0.6) is 0 Å². The third kappa shape index (κ3) is 1.85. The van der Waals surface area contributed by atoms with E-state index in [9.17, 15) is 4.79 Å². The average Bonchev–Trinajstić information content (AvgIpc) is 2.44. The second-order valence-corrected chi connectivity index (χ2v) is 4.18. The van der Waals surface area contributed by atoms with Crippen molar-refractivity contribution in [3.05, 3.63) is 28.5 Å². The number of carbonyl (C=O) groups excluding carboxylic acids is 1. The van der Waals surface area contributed by atoms with E-state index < -0.39 is 0 Å². The Labute approximate surface area is 89.7 Å². The molecule has 0 bridgehead atoms. The Morgan fingerprint density at radius 1 is 1.57 bits per heavy atom. The maximum atomic E-state index is 10.9. The summed E-state index contributed by atoms with van der Waals surface area (Å²) in [5, 5.41) is 0. The molecule has 4 heteroatoms. The molecule has 2 aromatic heterocycles. The lowest BCUT2D eigenvalue weighted by Gasteiger charge is -1.90. The Hall–Kier alpha value is -1.16. The quantitative estimate of drug-likeness (QED) is 0.893. The van der Waals surface area contributed by atoms with Crippen molar-refractivity contribution in [1.82, 2.24) is 9.97 Å². The highest BCUT2D eigenvalue weighted by Gasteiger charge is 2.04. The van der Waals surface area contributed by atoms with Crippen molar-refractivity contribution in [2.24, 2.45) is 0 Å². The minimum absolute atomic E-state index is 0.149. The molecule has 0 aliphatic carbocycles. The topological polar surface area (TPSA) is 45.8 Å². The van der Waals surface area contributed by atoms with Gasteiger partial charge in [-0.1, -0.05) is 0 Å². The van der Waals surface area contributed by atoms with Crippen LogP contribution in [-0.4, -0.2) is 15.8 Å². The van der Waals surface area contributed by atoms with Gasteiger partial charge in [0.1, 0.15) is 5.78 Å². The first-order valence-corrected chi connectivity index (χ1v) is 5.07. The maximum absolute atomic E-state index is 10.9. The van der Waals surface area contributed by atoms with E-state index in [0.29, 0.717) is 6.42 Å². The molecule has 72 valence electrons. The molecular weight excluding hydrogens is 244 g/mol. The van der Waals surface area contributed by atoms with E-state index in [-0.39, 0.29) is 5.78 Å². The largest absolute Gasteiger partial charge is 0.357 e. The molecule has 0 saturated heterocycles. The lowest BCUT2D eigenvalue weighted by Crippen LogP contribution is -1.95. The first kappa shape index (κ1) is 9.40. The Balaban J connectivity index is 2.46. The summed E-state index contributed by atoms with van der Waals surface area (Å²) in [6.45, 7) is 1.58. The number of fused-ring (bicyclic) bond motifs is 1. The van der Waals surface area contributed by atoms with Gasteiger partial charge in [-0.3, -0.25) is 9.78 Å². The predicted octanol–water partition coefficient (Wildman–Crippen LogP) is 2.46. The fourth-order valence-electron chi connectivity index (χ4n) is 1.40. The van der Waals surface area contributed by atoms with Crippen molar-refractivity contribution >= 4 is 32.7 Å². The summed E-state index contributed by atoms with van der Waals surface area (Å²) in [5.41, 5.74) is 2.76. The Morgan fingerprint density at radius 3 is 3.07 bits per heavy atom. The van der Waals surface area contributed by atoms with Gasteiger partial charge in [-0.25, -0.2) is 0 Å². The summed E-state index contributed by atoms with van der Waals surface area (Å²) in [7, 11) is 0. The lowest BCUT2D eigenvalue weighted by atomic mass is 10.2. The summed E-state index contributed by atoms with van der Waals surface area (Å²) < 4.78 is 0.932. The number of hydrogen-bond donors (Lipinski definition) is 1. The molecule has 0 saturated carbocycles. The number of ketones is 1. The van der Waals surface area contributed by atoms with Crippen molar-refractivity contribution in [3.63, 3.8) is 0 Å². The van der Waals surface area contributed by atoms with Gasteiger partial charge in [-0.2, -0.15) is 0 Å².